The maximum Gasteiger partial charge on any atom is 0.240 e. The standard InChI is InChI=1S/C21H25ClN2O5S/c1-28-19-10-9-16(14-20(19)29-17-6-2-3-7-17)24-21(25)11-12-23-30(26,27)18-8-4-5-15(22)13-18/h4-5,8-10,13-14,17,23H,2-3,6-7,11-12H2,1H3,(H,24,25). The van der Waals surface area contributed by atoms with Crippen LogP contribution in [0.1, 0.15) is 32.1 Å². The molecule has 7 nitrogen and oxygen atoms in total. The van der Waals surface area contributed by atoms with Gasteiger partial charge in [0.25, 0.3) is 0 Å². The van der Waals surface area contributed by atoms with Gasteiger partial charge < -0.3 is 14.8 Å². The normalized spacial score (nSPS) is 14.5. The molecule has 0 spiro atoms. The van der Waals surface area contributed by atoms with E-state index in [-0.39, 0.29) is 29.9 Å². The van der Waals surface area contributed by atoms with E-state index in [2.05, 4.69) is 10.0 Å². The molecule has 1 aliphatic rings. The van der Waals surface area contributed by atoms with Gasteiger partial charge in [0.15, 0.2) is 11.5 Å². The topological polar surface area (TPSA) is 93.7 Å². The smallest absolute Gasteiger partial charge is 0.240 e. The molecule has 0 saturated heterocycles. The number of hydrogen-bond donors (Lipinski definition) is 2. The van der Waals surface area contributed by atoms with E-state index in [4.69, 9.17) is 21.1 Å². The zero-order valence-corrected chi connectivity index (χ0v) is 18.3. The average molecular weight is 453 g/mol. The summed E-state index contributed by atoms with van der Waals surface area (Å²) < 4.78 is 38.3. The molecule has 0 bridgehead atoms. The summed E-state index contributed by atoms with van der Waals surface area (Å²) in [4.78, 5) is 12.3. The maximum absolute atomic E-state index is 12.3. The molecular formula is C21H25ClN2O5S. The molecule has 0 aromatic heterocycles. The summed E-state index contributed by atoms with van der Waals surface area (Å²) in [6.07, 6.45) is 4.44. The fraction of sp³-hybridized carbons (Fsp3) is 0.381. The van der Waals surface area contributed by atoms with Crippen LogP contribution in [-0.4, -0.2) is 34.1 Å². The predicted molar refractivity (Wildman–Crippen MR) is 116 cm³/mol. The minimum Gasteiger partial charge on any atom is -0.493 e. The van der Waals surface area contributed by atoms with Gasteiger partial charge in [-0.05, 0) is 56.0 Å². The lowest BCUT2D eigenvalue weighted by molar-refractivity contribution is -0.116. The Hall–Kier alpha value is -2.29. The highest BCUT2D eigenvalue weighted by molar-refractivity contribution is 7.89. The van der Waals surface area contributed by atoms with Gasteiger partial charge in [0.1, 0.15) is 0 Å². The Balaban J connectivity index is 1.55. The summed E-state index contributed by atoms with van der Waals surface area (Å²) in [5.74, 6) is 0.874. The van der Waals surface area contributed by atoms with Crippen molar-refractivity contribution in [1.82, 2.24) is 4.72 Å². The first-order chi connectivity index (χ1) is 14.4. The van der Waals surface area contributed by atoms with Crippen molar-refractivity contribution in [2.75, 3.05) is 19.0 Å². The Kier molecular flexibility index (Phi) is 7.58. The molecule has 1 amide bonds. The summed E-state index contributed by atoms with van der Waals surface area (Å²) in [7, 11) is -2.16. The van der Waals surface area contributed by atoms with E-state index in [1.54, 1.807) is 37.4 Å². The van der Waals surface area contributed by atoms with Gasteiger partial charge in [-0.25, -0.2) is 13.1 Å². The van der Waals surface area contributed by atoms with E-state index in [1.165, 1.54) is 12.1 Å². The lowest BCUT2D eigenvalue weighted by Gasteiger charge is -2.17. The number of carbonyl (C=O) groups excluding carboxylic acids is 1. The summed E-state index contributed by atoms with van der Waals surface area (Å²) in [6, 6.07) is 11.1. The Bertz CT molecular complexity index is 991. The molecule has 0 radical (unpaired) electrons. The van der Waals surface area contributed by atoms with Gasteiger partial charge >= 0.3 is 0 Å². The van der Waals surface area contributed by atoms with Gasteiger partial charge in [-0.1, -0.05) is 17.7 Å². The van der Waals surface area contributed by atoms with Crippen LogP contribution in [0, 0.1) is 0 Å². The highest BCUT2D eigenvalue weighted by Crippen LogP contribution is 2.34. The molecule has 3 rings (SSSR count). The van der Waals surface area contributed by atoms with Crippen molar-refractivity contribution < 1.29 is 22.7 Å². The van der Waals surface area contributed by atoms with E-state index in [9.17, 15) is 13.2 Å². The number of rotatable bonds is 9. The Morgan fingerprint density at radius 2 is 1.90 bits per heavy atom. The predicted octanol–water partition coefficient (Wildman–Crippen LogP) is 3.98. The van der Waals surface area contributed by atoms with Gasteiger partial charge in [0.2, 0.25) is 15.9 Å². The Morgan fingerprint density at radius 3 is 2.60 bits per heavy atom. The SMILES string of the molecule is COc1ccc(NC(=O)CCNS(=O)(=O)c2cccc(Cl)c2)cc1OC1CCCC1. The number of ether oxygens (including phenoxy) is 2. The highest BCUT2D eigenvalue weighted by atomic mass is 35.5. The van der Waals surface area contributed by atoms with Gasteiger partial charge in [0.05, 0.1) is 18.1 Å². The Labute approximate surface area is 181 Å². The summed E-state index contributed by atoms with van der Waals surface area (Å²) in [6.45, 7) is -0.0394. The molecule has 1 saturated carbocycles. The van der Waals surface area contributed by atoms with Crippen LogP contribution in [0.3, 0.4) is 0 Å². The number of amides is 1. The average Bonchev–Trinajstić information content (AvgIpc) is 3.21. The van der Waals surface area contributed by atoms with Crippen molar-refractivity contribution in [1.29, 1.82) is 0 Å². The third-order valence-electron chi connectivity index (χ3n) is 4.79. The van der Waals surface area contributed by atoms with Crippen molar-refractivity contribution in [2.45, 2.75) is 43.1 Å². The number of carbonyl (C=O) groups is 1. The van der Waals surface area contributed by atoms with Crippen molar-refractivity contribution >= 4 is 33.2 Å². The van der Waals surface area contributed by atoms with E-state index in [1.807, 2.05) is 0 Å². The van der Waals surface area contributed by atoms with Crippen molar-refractivity contribution in [2.24, 2.45) is 0 Å². The molecule has 2 aromatic rings. The third kappa shape index (κ3) is 6.10. The van der Waals surface area contributed by atoms with Gasteiger partial charge in [-0.3, -0.25) is 4.79 Å². The second-order valence-corrected chi connectivity index (χ2v) is 9.25. The third-order valence-corrected chi connectivity index (χ3v) is 6.49. The molecule has 0 aliphatic heterocycles. The molecule has 1 fully saturated rings. The summed E-state index contributed by atoms with van der Waals surface area (Å²) in [5, 5.41) is 3.09. The van der Waals surface area contributed by atoms with Crippen molar-refractivity contribution in [3.63, 3.8) is 0 Å². The van der Waals surface area contributed by atoms with E-state index >= 15 is 0 Å². The molecule has 0 heterocycles. The minimum atomic E-state index is -3.73. The van der Waals surface area contributed by atoms with Gasteiger partial charge in [-0.15, -0.1) is 0 Å². The van der Waals surface area contributed by atoms with Crippen LogP contribution in [0.5, 0.6) is 11.5 Å². The van der Waals surface area contributed by atoms with E-state index in [0.717, 1.165) is 25.7 Å². The van der Waals surface area contributed by atoms with Crippen LogP contribution in [0.2, 0.25) is 5.02 Å². The first-order valence-electron chi connectivity index (χ1n) is 9.77. The van der Waals surface area contributed by atoms with Crippen LogP contribution in [0.4, 0.5) is 5.69 Å². The maximum atomic E-state index is 12.3. The zero-order chi connectivity index (χ0) is 21.6. The summed E-state index contributed by atoms with van der Waals surface area (Å²) in [5.41, 5.74) is 0.562. The minimum absolute atomic E-state index is 0.0232. The number of anilines is 1. The fourth-order valence-electron chi connectivity index (χ4n) is 3.27. The van der Waals surface area contributed by atoms with Crippen LogP contribution >= 0.6 is 11.6 Å². The van der Waals surface area contributed by atoms with Crippen molar-refractivity contribution in [3.05, 3.63) is 47.5 Å². The van der Waals surface area contributed by atoms with Crippen LogP contribution < -0.4 is 19.5 Å². The molecule has 1 aliphatic carbocycles. The second-order valence-electron chi connectivity index (χ2n) is 7.04. The van der Waals surface area contributed by atoms with Gasteiger partial charge in [-0.2, -0.15) is 0 Å². The highest BCUT2D eigenvalue weighted by Gasteiger charge is 2.19. The lowest BCUT2D eigenvalue weighted by atomic mass is 10.2. The van der Waals surface area contributed by atoms with Crippen molar-refractivity contribution in [3.8, 4) is 11.5 Å². The quantitative estimate of drug-likeness (QED) is 0.600. The molecule has 2 aromatic carbocycles. The Morgan fingerprint density at radius 1 is 1.13 bits per heavy atom. The number of benzene rings is 2. The molecule has 9 heteroatoms. The lowest BCUT2D eigenvalue weighted by Crippen LogP contribution is -2.27. The molecule has 162 valence electrons. The van der Waals surface area contributed by atoms with Crippen LogP contribution in [0.15, 0.2) is 47.4 Å². The molecule has 30 heavy (non-hydrogen) atoms. The zero-order valence-electron chi connectivity index (χ0n) is 16.7. The number of methoxy groups -OCH3 is 1. The first kappa shape index (κ1) is 22.4. The molecule has 0 atom stereocenters. The largest absolute Gasteiger partial charge is 0.493 e. The monoisotopic (exact) mass is 452 g/mol. The second kappa shape index (κ2) is 10.1. The molecule has 0 unspecified atom stereocenters. The first-order valence-corrected chi connectivity index (χ1v) is 11.6. The number of hydrogen-bond acceptors (Lipinski definition) is 5. The van der Waals surface area contributed by atoms with E-state index < -0.39 is 10.0 Å². The number of nitrogens with one attached hydrogen (secondary N) is 2. The molecular weight excluding hydrogens is 428 g/mol. The fourth-order valence-corrected chi connectivity index (χ4v) is 4.60. The van der Waals surface area contributed by atoms with Crippen LogP contribution in [0.25, 0.3) is 0 Å². The van der Waals surface area contributed by atoms with Gasteiger partial charge in [0, 0.05) is 29.7 Å². The van der Waals surface area contributed by atoms with Crippen LogP contribution in [-0.2, 0) is 14.8 Å². The number of sulfonamides is 1. The van der Waals surface area contributed by atoms with E-state index in [0.29, 0.717) is 22.2 Å². The number of halogens is 1. The molecule has 2 N–H and O–H groups in total. The summed E-state index contributed by atoms with van der Waals surface area (Å²) >= 11 is 5.84.